The van der Waals surface area contributed by atoms with Gasteiger partial charge in [0.25, 0.3) is 10.0 Å². The summed E-state index contributed by atoms with van der Waals surface area (Å²) in [6.07, 6.45) is 0. The summed E-state index contributed by atoms with van der Waals surface area (Å²) in [5.41, 5.74) is 2.59. The minimum Gasteiger partial charge on any atom is -0.326 e. The number of benzene rings is 3. The average Bonchev–Trinajstić information content (AvgIpc) is 2.71. The smallest absolute Gasteiger partial charge is 0.323 e. The maximum atomic E-state index is 12.8. The summed E-state index contributed by atoms with van der Waals surface area (Å²) in [5.74, 6) is -0.245. The Hall–Kier alpha value is -3.85. The Kier molecular flexibility index (Phi) is 6.56. The van der Waals surface area contributed by atoms with Gasteiger partial charge in [-0.3, -0.25) is 9.52 Å². The molecule has 0 radical (unpaired) electrons. The van der Waals surface area contributed by atoms with Gasteiger partial charge in [-0.15, -0.1) is 0 Å². The van der Waals surface area contributed by atoms with E-state index in [0.29, 0.717) is 28.3 Å². The fourth-order valence-corrected chi connectivity index (χ4v) is 3.87. The van der Waals surface area contributed by atoms with Crippen LogP contribution in [0.25, 0.3) is 0 Å². The molecule has 0 spiro atoms. The second kappa shape index (κ2) is 9.31. The molecule has 4 N–H and O–H groups in total. The maximum Gasteiger partial charge on any atom is 0.323 e. The van der Waals surface area contributed by atoms with E-state index in [1.54, 1.807) is 49.4 Å². The van der Waals surface area contributed by atoms with Crippen molar-refractivity contribution in [2.45, 2.75) is 18.7 Å². The Morgan fingerprint density at radius 3 is 1.97 bits per heavy atom. The Bertz CT molecular complexity index is 1190. The normalized spacial score (nSPS) is 10.8. The van der Waals surface area contributed by atoms with E-state index in [2.05, 4.69) is 20.7 Å². The third-order valence-electron chi connectivity index (χ3n) is 4.26. The summed E-state index contributed by atoms with van der Waals surface area (Å²) >= 11 is 0. The molecule has 0 aliphatic heterocycles. The SMILES string of the molecule is CC(=O)Nc1ccc(S(=O)(=O)Nc2cc(NC(=O)Nc3ccccc3)ccc2C)cc1. The number of hydrogen-bond acceptors (Lipinski definition) is 4. The van der Waals surface area contributed by atoms with Gasteiger partial charge in [0.2, 0.25) is 5.91 Å². The van der Waals surface area contributed by atoms with Gasteiger partial charge in [0.1, 0.15) is 0 Å². The van der Waals surface area contributed by atoms with Crippen LogP contribution in [0.4, 0.5) is 27.5 Å². The minimum absolute atomic E-state index is 0.0428. The molecule has 0 saturated heterocycles. The topological polar surface area (TPSA) is 116 Å². The number of nitrogens with one attached hydrogen (secondary N) is 4. The first-order valence-corrected chi connectivity index (χ1v) is 10.9. The highest BCUT2D eigenvalue weighted by Gasteiger charge is 2.16. The summed E-state index contributed by atoms with van der Waals surface area (Å²) in [7, 11) is -3.87. The van der Waals surface area contributed by atoms with Crippen molar-refractivity contribution < 1.29 is 18.0 Å². The first kappa shape index (κ1) is 21.8. The number of anilines is 4. The lowest BCUT2D eigenvalue weighted by Crippen LogP contribution is -2.20. The average molecular weight is 439 g/mol. The van der Waals surface area contributed by atoms with Crippen LogP contribution < -0.4 is 20.7 Å². The number of rotatable bonds is 6. The molecular formula is C22H22N4O4S. The number of para-hydroxylation sites is 1. The van der Waals surface area contributed by atoms with E-state index in [9.17, 15) is 18.0 Å². The molecule has 3 aromatic carbocycles. The van der Waals surface area contributed by atoms with Crippen LogP contribution in [-0.2, 0) is 14.8 Å². The predicted molar refractivity (Wildman–Crippen MR) is 122 cm³/mol. The third-order valence-corrected chi connectivity index (χ3v) is 5.64. The molecule has 0 aromatic heterocycles. The van der Waals surface area contributed by atoms with Crippen LogP contribution in [0.5, 0.6) is 0 Å². The lowest BCUT2D eigenvalue weighted by Gasteiger charge is -2.14. The summed E-state index contributed by atoms with van der Waals surface area (Å²) in [4.78, 5) is 23.4. The highest BCUT2D eigenvalue weighted by Crippen LogP contribution is 2.24. The number of amides is 3. The molecule has 160 valence electrons. The number of carbonyl (C=O) groups excluding carboxylic acids is 2. The molecule has 31 heavy (non-hydrogen) atoms. The van der Waals surface area contributed by atoms with Crippen molar-refractivity contribution in [3.8, 4) is 0 Å². The van der Waals surface area contributed by atoms with Crippen LogP contribution in [0.1, 0.15) is 12.5 Å². The molecule has 3 aromatic rings. The van der Waals surface area contributed by atoms with Crippen LogP contribution in [-0.4, -0.2) is 20.4 Å². The molecule has 0 saturated carbocycles. The minimum atomic E-state index is -3.87. The fourth-order valence-electron chi connectivity index (χ4n) is 2.75. The standard InChI is InChI=1S/C22H22N4O4S/c1-15-8-9-19(25-22(28)24-17-6-4-3-5-7-17)14-21(15)26-31(29,30)20-12-10-18(11-13-20)23-16(2)27/h3-14,26H,1-2H3,(H,23,27)(H2,24,25,28). The van der Waals surface area contributed by atoms with Gasteiger partial charge in [0.15, 0.2) is 0 Å². The van der Waals surface area contributed by atoms with Gasteiger partial charge in [-0.1, -0.05) is 24.3 Å². The van der Waals surface area contributed by atoms with Crippen molar-refractivity contribution in [3.05, 3.63) is 78.4 Å². The molecular weight excluding hydrogens is 416 g/mol. The Morgan fingerprint density at radius 2 is 1.32 bits per heavy atom. The summed E-state index contributed by atoms with van der Waals surface area (Å²) in [6.45, 7) is 3.13. The number of sulfonamides is 1. The molecule has 0 unspecified atom stereocenters. The largest absolute Gasteiger partial charge is 0.326 e. The second-order valence-electron chi connectivity index (χ2n) is 6.79. The van der Waals surface area contributed by atoms with Crippen LogP contribution >= 0.6 is 0 Å². The number of carbonyl (C=O) groups is 2. The van der Waals surface area contributed by atoms with Crippen LogP contribution in [0.3, 0.4) is 0 Å². The summed E-state index contributed by atoms with van der Waals surface area (Å²) in [6, 6.07) is 19.3. The van der Waals surface area contributed by atoms with Crippen molar-refractivity contribution >= 4 is 44.7 Å². The zero-order valence-electron chi connectivity index (χ0n) is 17.0. The van der Waals surface area contributed by atoms with Crippen molar-refractivity contribution in [2.75, 3.05) is 20.7 Å². The predicted octanol–water partition coefficient (Wildman–Crippen LogP) is 4.40. The monoisotopic (exact) mass is 438 g/mol. The number of hydrogen-bond donors (Lipinski definition) is 4. The lowest BCUT2D eigenvalue weighted by molar-refractivity contribution is -0.114. The lowest BCUT2D eigenvalue weighted by atomic mass is 10.2. The molecule has 0 bridgehead atoms. The molecule has 3 rings (SSSR count). The van der Waals surface area contributed by atoms with Gasteiger partial charge < -0.3 is 16.0 Å². The van der Waals surface area contributed by atoms with Gasteiger partial charge in [0.05, 0.1) is 10.6 Å². The van der Waals surface area contributed by atoms with Gasteiger partial charge in [-0.25, -0.2) is 13.2 Å². The zero-order valence-corrected chi connectivity index (χ0v) is 17.8. The molecule has 0 heterocycles. The van der Waals surface area contributed by atoms with Crippen molar-refractivity contribution in [2.24, 2.45) is 0 Å². The molecule has 0 fully saturated rings. The molecule has 0 atom stereocenters. The maximum absolute atomic E-state index is 12.8. The molecule has 0 aliphatic carbocycles. The number of urea groups is 1. The zero-order chi connectivity index (χ0) is 22.4. The van der Waals surface area contributed by atoms with Gasteiger partial charge >= 0.3 is 6.03 Å². The van der Waals surface area contributed by atoms with E-state index >= 15 is 0 Å². The first-order valence-electron chi connectivity index (χ1n) is 9.37. The Morgan fingerprint density at radius 1 is 0.742 bits per heavy atom. The highest BCUT2D eigenvalue weighted by molar-refractivity contribution is 7.92. The van der Waals surface area contributed by atoms with Gasteiger partial charge in [-0.05, 0) is 61.0 Å². The van der Waals surface area contributed by atoms with Crippen molar-refractivity contribution in [1.29, 1.82) is 0 Å². The quantitative estimate of drug-likeness (QED) is 0.456. The molecule has 9 heteroatoms. The van der Waals surface area contributed by atoms with Crippen LogP contribution in [0, 0.1) is 6.92 Å². The Labute approximate surface area is 180 Å². The Balaban J connectivity index is 1.73. The van der Waals surface area contributed by atoms with E-state index < -0.39 is 16.1 Å². The summed E-state index contributed by atoms with van der Waals surface area (Å²) in [5, 5.41) is 7.97. The third kappa shape index (κ3) is 6.06. The van der Waals surface area contributed by atoms with E-state index in [4.69, 9.17) is 0 Å². The second-order valence-corrected chi connectivity index (χ2v) is 8.47. The van der Waals surface area contributed by atoms with Gasteiger partial charge in [-0.2, -0.15) is 0 Å². The van der Waals surface area contributed by atoms with E-state index in [1.807, 2.05) is 6.07 Å². The fraction of sp³-hybridized carbons (Fsp3) is 0.0909. The van der Waals surface area contributed by atoms with Crippen LogP contribution in [0.15, 0.2) is 77.7 Å². The highest BCUT2D eigenvalue weighted by atomic mass is 32.2. The van der Waals surface area contributed by atoms with Crippen LogP contribution in [0.2, 0.25) is 0 Å². The van der Waals surface area contributed by atoms with E-state index in [-0.39, 0.29) is 10.8 Å². The first-order chi connectivity index (χ1) is 14.7. The molecule has 8 nitrogen and oxygen atoms in total. The summed E-state index contributed by atoms with van der Waals surface area (Å²) < 4.78 is 28.1. The van der Waals surface area contributed by atoms with E-state index in [0.717, 1.165) is 0 Å². The van der Waals surface area contributed by atoms with Crippen molar-refractivity contribution in [1.82, 2.24) is 0 Å². The van der Waals surface area contributed by atoms with Crippen molar-refractivity contribution in [3.63, 3.8) is 0 Å². The van der Waals surface area contributed by atoms with Gasteiger partial charge in [0, 0.05) is 24.0 Å². The molecule has 0 aliphatic rings. The van der Waals surface area contributed by atoms with E-state index in [1.165, 1.54) is 31.2 Å². The number of aryl methyl sites for hydroxylation is 1. The molecule has 3 amide bonds.